The van der Waals surface area contributed by atoms with Crippen molar-refractivity contribution < 1.29 is 4.79 Å². The number of hydrogen-bond donors (Lipinski definition) is 1. The number of carbonyl (C=O) groups excluding carboxylic acids is 1. The number of nitrogens with zero attached hydrogens (tertiary/aromatic N) is 3. The summed E-state index contributed by atoms with van der Waals surface area (Å²) in [5.41, 5.74) is 3.68. The molecule has 0 spiro atoms. The van der Waals surface area contributed by atoms with Crippen molar-refractivity contribution in [3.63, 3.8) is 0 Å². The van der Waals surface area contributed by atoms with Crippen LogP contribution in [-0.4, -0.2) is 46.4 Å². The van der Waals surface area contributed by atoms with Crippen LogP contribution in [0.3, 0.4) is 0 Å². The molecule has 0 saturated carbocycles. The van der Waals surface area contributed by atoms with Crippen molar-refractivity contribution in [3.8, 4) is 5.69 Å². The zero-order chi connectivity index (χ0) is 22.3. The minimum absolute atomic E-state index is 0.185. The number of benzene rings is 2. The Labute approximate surface area is 188 Å². The molecule has 0 unspecified atom stereocenters. The van der Waals surface area contributed by atoms with E-state index in [0.29, 0.717) is 17.1 Å². The van der Waals surface area contributed by atoms with Crippen molar-refractivity contribution >= 4 is 18.2 Å². The Balaban J connectivity index is 1.35. The van der Waals surface area contributed by atoms with E-state index in [2.05, 4.69) is 52.5 Å². The summed E-state index contributed by atoms with van der Waals surface area (Å²) in [6.07, 6.45) is 8.23. The summed E-state index contributed by atoms with van der Waals surface area (Å²) in [7, 11) is 0. The van der Waals surface area contributed by atoms with Gasteiger partial charge in [-0.05, 0) is 49.6 Å². The Hall–Kier alpha value is -3.51. The van der Waals surface area contributed by atoms with E-state index in [9.17, 15) is 9.59 Å². The van der Waals surface area contributed by atoms with Gasteiger partial charge in [0.05, 0.1) is 0 Å². The zero-order valence-corrected chi connectivity index (χ0v) is 18.3. The lowest BCUT2D eigenvalue weighted by Gasteiger charge is -2.32. The maximum Gasteiger partial charge on any atom is 0.297 e. The van der Waals surface area contributed by atoms with Gasteiger partial charge in [0, 0.05) is 49.3 Å². The first-order valence-electron chi connectivity index (χ1n) is 11.0. The fraction of sp³-hybridized carbons (Fsp3) is 0.269. The molecule has 6 heteroatoms. The van der Waals surface area contributed by atoms with Gasteiger partial charge in [-0.1, -0.05) is 42.0 Å². The molecule has 164 valence electrons. The quantitative estimate of drug-likeness (QED) is 0.576. The van der Waals surface area contributed by atoms with Gasteiger partial charge in [-0.15, -0.1) is 0 Å². The highest BCUT2D eigenvalue weighted by Crippen LogP contribution is 2.16. The maximum absolute atomic E-state index is 12.9. The standard InChI is InChI=1S/C26H28N4O2/c1-20(17-21-5-3-2-4-6-21)18-29-14-11-23(12-15-29)28-25-26(32)30(16-13-27-25)24-9-7-22(19-31)8-10-24/h2-10,13,16-17,19,23H,11-12,14-15,18H2,1H3,(H,27,28)/b20-17+. The van der Waals surface area contributed by atoms with Crippen LogP contribution >= 0.6 is 0 Å². The van der Waals surface area contributed by atoms with E-state index in [1.807, 2.05) is 6.07 Å². The molecule has 1 aliphatic heterocycles. The summed E-state index contributed by atoms with van der Waals surface area (Å²) >= 11 is 0. The third-order valence-electron chi connectivity index (χ3n) is 5.76. The number of hydrogen-bond acceptors (Lipinski definition) is 5. The van der Waals surface area contributed by atoms with Crippen LogP contribution in [0.5, 0.6) is 0 Å². The molecule has 1 saturated heterocycles. The number of piperidine rings is 1. The minimum Gasteiger partial charge on any atom is -0.363 e. The topological polar surface area (TPSA) is 67.2 Å². The second-order valence-electron chi connectivity index (χ2n) is 8.26. The summed E-state index contributed by atoms with van der Waals surface area (Å²) < 4.78 is 1.55. The highest BCUT2D eigenvalue weighted by atomic mass is 16.1. The fourth-order valence-electron chi connectivity index (χ4n) is 4.09. The first kappa shape index (κ1) is 21.7. The molecule has 1 N–H and O–H groups in total. The third-order valence-corrected chi connectivity index (χ3v) is 5.76. The highest BCUT2D eigenvalue weighted by molar-refractivity contribution is 5.75. The van der Waals surface area contributed by atoms with Crippen molar-refractivity contribution in [2.75, 3.05) is 25.0 Å². The molecule has 2 heterocycles. The normalized spacial score (nSPS) is 15.5. The lowest BCUT2D eigenvalue weighted by Crippen LogP contribution is -2.41. The average molecular weight is 429 g/mol. The average Bonchev–Trinajstić information content (AvgIpc) is 2.82. The molecule has 1 aromatic heterocycles. The van der Waals surface area contributed by atoms with Gasteiger partial charge >= 0.3 is 0 Å². The Morgan fingerprint density at radius 2 is 1.78 bits per heavy atom. The molecule has 0 bridgehead atoms. The monoisotopic (exact) mass is 428 g/mol. The van der Waals surface area contributed by atoms with Crippen LogP contribution in [0.15, 0.2) is 77.4 Å². The van der Waals surface area contributed by atoms with Crippen molar-refractivity contribution in [1.82, 2.24) is 14.5 Å². The molecule has 1 aliphatic rings. The lowest BCUT2D eigenvalue weighted by atomic mass is 10.0. The van der Waals surface area contributed by atoms with Gasteiger partial charge < -0.3 is 5.32 Å². The summed E-state index contributed by atoms with van der Waals surface area (Å²) in [6, 6.07) is 17.5. The van der Waals surface area contributed by atoms with Crippen LogP contribution < -0.4 is 10.9 Å². The number of aldehydes is 1. The van der Waals surface area contributed by atoms with Crippen LogP contribution in [0.25, 0.3) is 11.8 Å². The maximum atomic E-state index is 12.9. The second kappa shape index (κ2) is 10.2. The largest absolute Gasteiger partial charge is 0.363 e. The number of nitrogens with one attached hydrogen (secondary N) is 1. The van der Waals surface area contributed by atoms with Crippen molar-refractivity contribution in [3.05, 3.63) is 94.0 Å². The number of rotatable bonds is 7. The van der Waals surface area contributed by atoms with Gasteiger partial charge in [-0.2, -0.15) is 0 Å². The number of anilines is 1. The van der Waals surface area contributed by atoms with E-state index in [4.69, 9.17) is 0 Å². The molecular weight excluding hydrogens is 400 g/mol. The van der Waals surface area contributed by atoms with Crippen LogP contribution in [-0.2, 0) is 0 Å². The van der Waals surface area contributed by atoms with E-state index in [1.165, 1.54) is 11.1 Å². The van der Waals surface area contributed by atoms with E-state index in [0.717, 1.165) is 38.8 Å². The molecule has 0 aliphatic carbocycles. The minimum atomic E-state index is -0.185. The first-order chi connectivity index (χ1) is 15.6. The molecule has 0 radical (unpaired) electrons. The fourth-order valence-corrected chi connectivity index (χ4v) is 4.09. The molecule has 0 amide bonds. The van der Waals surface area contributed by atoms with Crippen LogP contribution in [0.1, 0.15) is 35.7 Å². The van der Waals surface area contributed by atoms with Crippen molar-refractivity contribution in [2.45, 2.75) is 25.8 Å². The molecule has 1 fully saturated rings. The van der Waals surface area contributed by atoms with Crippen LogP contribution in [0, 0.1) is 0 Å². The Morgan fingerprint density at radius 3 is 2.47 bits per heavy atom. The predicted molar refractivity (Wildman–Crippen MR) is 128 cm³/mol. The highest BCUT2D eigenvalue weighted by Gasteiger charge is 2.20. The second-order valence-corrected chi connectivity index (χ2v) is 8.26. The molecule has 0 atom stereocenters. The Kier molecular flexibility index (Phi) is 6.92. The lowest BCUT2D eigenvalue weighted by molar-refractivity contribution is 0.112. The van der Waals surface area contributed by atoms with Crippen LogP contribution in [0.2, 0.25) is 0 Å². The first-order valence-corrected chi connectivity index (χ1v) is 11.0. The molecule has 6 nitrogen and oxygen atoms in total. The number of aromatic nitrogens is 2. The molecule has 2 aromatic carbocycles. The van der Waals surface area contributed by atoms with E-state index >= 15 is 0 Å². The molecule has 4 rings (SSSR count). The molecule has 3 aromatic rings. The molecular formula is C26H28N4O2. The zero-order valence-electron chi connectivity index (χ0n) is 18.3. The van der Waals surface area contributed by atoms with Gasteiger partial charge in [0.15, 0.2) is 5.82 Å². The van der Waals surface area contributed by atoms with E-state index < -0.39 is 0 Å². The van der Waals surface area contributed by atoms with Gasteiger partial charge in [0.25, 0.3) is 5.56 Å². The van der Waals surface area contributed by atoms with Crippen LogP contribution in [0.4, 0.5) is 5.82 Å². The molecule has 32 heavy (non-hydrogen) atoms. The number of carbonyl (C=O) groups is 1. The van der Waals surface area contributed by atoms with Crippen molar-refractivity contribution in [1.29, 1.82) is 0 Å². The van der Waals surface area contributed by atoms with Gasteiger partial charge in [-0.3, -0.25) is 19.1 Å². The summed E-state index contributed by atoms with van der Waals surface area (Å²) in [4.78, 5) is 30.5. The SMILES string of the molecule is C/C(=C\c1ccccc1)CN1CCC(Nc2nccn(-c3ccc(C=O)cc3)c2=O)CC1. The summed E-state index contributed by atoms with van der Waals surface area (Å²) in [5.74, 6) is 0.366. The van der Waals surface area contributed by atoms with Crippen molar-refractivity contribution in [2.24, 2.45) is 0 Å². The Morgan fingerprint density at radius 1 is 1.06 bits per heavy atom. The van der Waals surface area contributed by atoms with Gasteiger partial charge in [0.1, 0.15) is 6.29 Å². The summed E-state index contributed by atoms with van der Waals surface area (Å²) in [5, 5.41) is 3.35. The Bertz CT molecular complexity index is 1130. The van der Waals surface area contributed by atoms with E-state index in [-0.39, 0.29) is 11.6 Å². The van der Waals surface area contributed by atoms with Gasteiger partial charge in [0.2, 0.25) is 0 Å². The third kappa shape index (κ3) is 5.39. The summed E-state index contributed by atoms with van der Waals surface area (Å²) in [6.45, 7) is 5.09. The van der Waals surface area contributed by atoms with Gasteiger partial charge in [-0.25, -0.2) is 4.98 Å². The van der Waals surface area contributed by atoms with E-state index in [1.54, 1.807) is 41.2 Å². The predicted octanol–water partition coefficient (Wildman–Crippen LogP) is 4.02. The number of likely N-dealkylation sites (tertiary alicyclic amines) is 1. The smallest absolute Gasteiger partial charge is 0.297 e.